The number of thiocarbonyl (C=S) groups is 1. The highest BCUT2D eigenvalue weighted by atomic mass is 32.2. The van der Waals surface area contributed by atoms with E-state index < -0.39 is 11.9 Å². The summed E-state index contributed by atoms with van der Waals surface area (Å²) in [6.45, 7) is -0.278. The van der Waals surface area contributed by atoms with Gasteiger partial charge in [-0.2, -0.15) is 0 Å². The normalized spacial score (nSPS) is 16.0. The zero-order valence-electron chi connectivity index (χ0n) is 12.0. The predicted molar refractivity (Wildman–Crippen MR) is 89.0 cm³/mol. The molecule has 1 fully saturated rings. The van der Waals surface area contributed by atoms with Crippen LogP contribution in [-0.4, -0.2) is 40.1 Å². The maximum Gasteiger partial charge on any atom is 0.266 e. The van der Waals surface area contributed by atoms with Crippen molar-refractivity contribution in [3.63, 3.8) is 0 Å². The Morgan fingerprint density at radius 1 is 1.30 bits per heavy atom. The molecule has 120 valence electrons. The van der Waals surface area contributed by atoms with Crippen LogP contribution in [0.3, 0.4) is 0 Å². The summed E-state index contributed by atoms with van der Waals surface area (Å²) in [6, 6.07) is 9.31. The topological polar surface area (TPSA) is 89.5 Å². The monoisotopic (exact) mass is 349 g/mol. The zero-order chi connectivity index (χ0) is 16.8. The van der Waals surface area contributed by atoms with Gasteiger partial charge in [0.1, 0.15) is 10.9 Å². The highest BCUT2D eigenvalue weighted by molar-refractivity contribution is 8.26. The SMILES string of the molecule is O=C([O-])CCNC(=O)CN1C(=O)/C(=C/c2ccccc2)SC1=S. The standard InChI is InChI=1S/C15H14N2O4S2/c18-12(16-7-6-13(19)20)9-17-14(21)11(23-15(17)22)8-10-4-2-1-3-5-10/h1-5,8H,6-7,9H2,(H,16,18)(H,19,20)/p-1/b11-8-. The number of nitrogens with one attached hydrogen (secondary N) is 1. The zero-order valence-corrected chi connectivity index (χ0v) is 13.6. The number of hydrogen-bond donors (Lipinski definition) is 1. The van der Waals surface area contributed by atoms with Gasteiger partial charge in [-0.05, 0) is 11.6 Å². The molecule has 1 aliphatic heterocycles. The fourth-order valence-electron chi connectivity index (χ4n) is 1.84. The van der Waals surface area contributed by atoms with E-state index in [4.69, 9.17) is 12.2 Å². The molecule has 0 aliphatic carbocycles. The molecule has 1 aromatic rings. The molecule has 2 amide bonds. The van der Waals surface area contributed by atoms with Gasteiger partial charge in [0.05, 0.1) is 4.91 Å². The van der Waals surface area contributed by atoms with Crippen LogP contribution in [0.1, 0.15) is 12.0 Å². The molecule has 6 nitrogen and oxygen atoms in total. The van der Waals surface area contributed by atoms with Crippen LogP contribution in [0, 0.1) is 0 Å². The molecular formula is C15H13N2O4S2-. The number of thioether (sulfide) groups is 1. The summed E-state index contributed by atoms with van der Waals surface area (Å²) in [5, 5.41) is 12.7. The molecule has 0 spiro atoms. The number of nitrogens with zero attached hydrogens (tertiary/aromatic N) is 1. The van der Waals surface area contributed by atoms with Gasteiger partial charge in [0, 0.05) is 18.9 Å². The van der Waals surface area contributed by atoms with Crippen LogP contribution in [0.2, 0.25) is 0 Å². The van der Waals surface area contributed by atoms with E-state index in [-0.39, 0.29) is 25.4 Å². The number of carboxylic acid groups (broad SMARTS) is 1. The van der Waals surface area contributed by atoms with Gasteiger partial charge in [0.25, 0.3) is 5.91 Å². The molecule has 0 unspecified atom stereocenters. The number of carbonyl (C=O) groups is 3. The third-order valence-electron chi connectivity index (χ3n) is 2.92. The molecule has 0 aromatic heterocycles. The second kappa shape index (κ2) is 7.89. The van der Waals surface area contributed by atoms with Gasteiger partial charge in [-0.1, -0.05) is 54.3 Å². The van der Waals surface area contributed by atoms with Crippen LogP contribution in [-0.2, 0) is 14.4 Å². The highest BCUT2D eigenvalue weighted by Gasteiger charge is 2.33. The van der Waals surface area contributed by atoms with Crippen LogP contribution in [0.5, 0.6) is 0 Å². The highest BCUT2D eigenvalue weighted by Crippen LogP contribution is 2.32. The van der Waals surface area contributed by atoms with Gasteiger partial charge in [0.2, 0.25) is 5.91 Å². The fraction of sp³-hybridized carbons (Fsp3) is 0.200. The largest absolute Gasteiger partial charge is 0.550 e. The van der Waals surface area contributed by atoms with Crippen molar-refractivity contribution in [2.75, 3.05) is 13.1 Å². The number of rotatable bonds is 6. The lowest BCUT2D eigenvalue weighted by molar-refractivity contribution is -0.305. The molecule has 1 saturated heterocycles. The maximum absolute atomic E-state index is 12.3. The minimum Gasteiger partial charge on any atom is -0.550 e. The van der Waals surface area contributed by atoms with Gasteiger partial charge in [0.15, 0.2) is 0 Å². The lowest BCUT2D eigenvalue weighted by Gasteiger charge is -2.14. The van der Waals surface area contributed by atoms with Gasteiger partial charge in [-0.25, -0.2) is 0 Å². The maximum atomic E-state index is 12.3. The minimum atomic E-state index is -1.25. The Morgan fingerprint density at radius 3 is 2.65 bits per heavy atom. The first-order valence-electron chi connectivity index (χ1n) is 6.74. The quantitative estimate of drug-likeness (QED) is 0.581. The van der Waals surface area contributed by atoms with E-state index in [9.17, 15) is 19.5 Å². The molecule has 2 rings (SSSR count). The minimum absolute atomic E-state index is 0.0458. The predicted octanol–water partition coefficient (Wildman–Crippen LogP) is 0.144. The van der Waals surface area contributed by atoms with E-state index in [1.165, 1.54) is 4.90 Å². The van der Waals surface area contributed by atoms with E-state index in [2.05, 4.69) is 5.32 Å². The van der Waals surface area contributed by atoms with Crippen LogP contribution >= 0.6 is 24.0 Å². The van der Waals surface area contributed by atoms with Crippen molar-refractivity contribution in [1.29, 1.82) is 0 Å². The Kier molecular flexibility index (Phi) is 5.89. The third-order valence-corrected chi connectivity index (χ3v) is 4.30. The molecule has 0 bridgehead atoms. The molecule has 1 N–H and O–H groups in total. The van der Waals surface area contributed by atoms with E-state index in [0.717, 1.165) is 17.3 Å². The van der Waals surface area contributed by atoms with Crippen molar-refractivity contribution < 1.29 is 19.5 Å². The lowest BCUT2D eigenvalue weighted by atomic mass is 10.2. The van der Waals surface area contributed by atoms with Gasteiger partial charge < -0.3 is 15.2 Å². The Morgan fingerprint density at radius 2 is 2.00 bits per heavy atom. The molecule has 0 atom stereocenters. The van der Waals surface area contributed by atoms with Gasteiger partial charge in [-0.15, -0.1) is 0 Å². The average molecular weight is 349 g/mol. The molecule has 1 aromatic carbocycles. The number of aliphatic carboxylic acids is 1. The first kappa shape index (κ1) is 17.2. The Labute approximate surface area is 142 Å². The number of benzene rings is 1. The van der Waals surface area contributed by atoms with Crippen molar-refractivity contribution in [3.8, 4) is 0 Å². The van der Waals surface area contributed by atoms with Crippen LogP contribution in [0.15, 0.2) is 35.2 Å². The Hall–Kier alpha value is -2.19. The van der Waals surface area contributed by atoms with Crippen LogP contribution < -0.4 is 10.4 Å². The number of carboxylic acids is 1. The third kappa shape index (κ3) is 4.90. The van der Waals surface area contributed by atoms with Crippen LogP contribution in [0.4, 0.5) is 0 Å². The summed E-state index contributed by atoms with van der Waals surface area (Å²) in [5.74, 6) is -2.05. The molecule has 23 heavy (non-hydrogen) atoms. The summed E-state index contributed by atoms with van der Waals surface area (Å²) in [5.41, 5.74) is 0.867. The summed E-state index contributed by atoms with van der Waals surface area (Å²) in [4.78, 5) is 36.0. The smallest absolute Gasteiger partial charge is 0.266 e. The Bertz CT molecular complexity index is 673. The number of amides is 2. The molecule has 0 saturated carbocycles. The lowest BCUT2D eigenvalue weighted by Crippen LogP contribution is -2.40. The van der Waals surface area contributed by atoms with Crippen molar-refractivity contribution in [1.82, 2.24) is 10.2 Å². The van der Waals surface area contributed by atoms with Crippen LogP contribution in [0.25, 0.3) is 6.08 Å². The molecular weight excluding hydrogens is 336 g/mol. The van der Waals surface area contributed by atoms with E-state index >= 15 is 0 Å². The van der Waals surface area contributed by atoms with Gasteiger partial charge >= 0.3 is 0 Å². The fourth-order valence-corrected chi connectivity index (χ4v) is 3.10. The molecule has 8 heteroatoms. The number of carbonyl (C=O) groups excluding carboxylic acids is 3. The molecule has 1 aliphatic rings. The first-order chi connectivity index (χ1) is 11.0. The first-order valence-corrected chi connectivity index (χ1v) is 7.97. The summed E-state index contributed by atoms with van der Waals surface area (Å²) >= 11 is 6.26. The van der Waals surface area contributed by atoms with Crippen molar-refractivity contribution in [3.05, 3.63) is 40.8 Å². The van der Waals surface area contributed by atoms with Crippen molar-refractivity contribution in [2.45, 2.75) is 6.42 Å². The second-order valence-electron chi connectivity index (χ2n) is 4.65. The van der Waals surface area contributed by atoms with Crippen molar-refractivity contribution >= 4 is 52.2 Å². The van der Waals surface area contributed by atoms with E-state index in [1.54, 1.807) is 6.08 Å². The van der Waals surface area contributed by atoms with Gasteiger partial charge in [-0.3, -0.25) is 14.5 Å². The summed E-state index contributed by atoms with van der Waals surface area (Å²) in [7, 11) is 0. The number of hydrogen-bond acceptors (Lipinski definition) is 6. The van der Waals surface area contributed by atoms with E-state index in [0.29, 0.717) is 9.23 Å². The summed E-state index contributed by atoms with van der Waals surface area (Å²) < 4.78 is 0.298. The Balaban J connectivity index is 1.97. The molecule has 0 radical (unpaired) electrons. The molecule has 1 heterocycles. The summed E-state index contributed by atoms with van der Waals surface area (Å²) in [6.07, 6.45) is 1.44. The van der Waals surface area contributed by atoms with E-state index in [1.807, 2.05) is 30.3 Å². The van der Waals surface area contributed by atoms with Crippen molar-refractivity contribution in [2.24, 2.45) is 0 Å². The second-order valence-corrected chi connectivity index (χ2v) is 6.33. The average Bonchev–Trinajstić information content (AvgIpc) is 2.75.